The van der Waals surface area contributed by atoms with Crippen molar-refractivity contribution < 1.29 is 19.1 Å². The third-order valence-electron chi connectivity index (χ3n) is 3.20. The van der Waals surface area contributed by atoms with Crippen LogP contribution in [0.4, 0.5) is 0 Å². The highest BCUT2D eigenvalue weighted by Crippen LogP contribution is 2.26. The van der Waals surface area contributed by atoms with Crippen molar-refractivity contribution in [3.63, 3.8) is 0 Å². The van der Waals surface area contributed by atoms with Gasteiger partial charge in [0.25, 0.3) is 0 Å². The fourth-order valence-corrected chi connectivity index (χ4v) is 2.08. The molecule has 1 rings (SSSR count). The van der Waals surface area contributed by atoms with Gasteiger partial charge in [0, 0.05) is 24.0 Å². The Morgan fingerprint density at radius 3 is 1.70 bits per heavy atom. The lowest BCUT2D eigenvalue weighted by molar-refractivity contribution is -0.143. The number of rotatable bonds is 6. The Balaban J connectivity index is 2.44. The summed E-state index contributed by atoms with van der Waals surface area (Å²) < 4.78 is 10.4. The van der Waals surface area contributed by atoms with Gasteiger partial charge in [-0.2, -0.15) is 0 Å². The molecule has 0 amide bonds. The van der Waals surface area contributed by atoms with Crippen molar-refractivity contribution in [1.29, 1.82) is 0 Å². The first-order valence-electron chi connectivity index (χ1n) is 6.91. The Bertz CT molecular complexity index is 369. The van der Waals surface area contributed by atoms with Crippen molar-refractivity contribution in [2.75, 3.05) is 13.2 Å². The van der Waals surface area contributed by atoms with Crippen molar-refractivity contribution in [2.24, 2.45) is 11.8 Å². The molecule has 0 fully saturated rings. The number of esters is 2. The Morgan fingerprint density at radius 1 is 0.950 bits per heavy atom. The third kappa shape index (κ3) is 5.87. The molecule has 2 atom stereocenters. The van der Waals surface area contributed by atoms with Crippen molar-refractivity contribution in [3.05, 3.63) is 36.5 Å². The van der Waals surface area contributed by atoms with E-state index in [1.807, 2.05) is 0 Å². The van der Waals surface area contributed by atoms with E-state index in [4.69, 9.17) is 9.47 Å². The summed E-state index contributed by atoms with van der Waals surface area (Å²) in [6, 6.07) is 0. The Hall–Kier alpha value is -1.84. The molecule has 20 heavy (non-hydrogen) atoms. The zero-order valence-corrected chi connectivity index (χ0v) is 12.1. The van der Waals surface area contributed by atoms with Crippen LogP contribution in [0.5, 0.6) is 0 Å². The standard InChI is InChI=1S/C16H22O4/c1-3-7-15(17)19-11-13-9-5-6-10-14(13)12-20-16(18)8-4-2/h3-8,13-14H,9-12H2,1-2H3/b7-3+,8-4+/t13-,14+. The smallest absolute Gasteiger partial charge is 0.330 e. The molecule has 0 saturated carbocycles. The quantitative estimate of drug-likeness (QED) is 0.426. The number of ether oxygens (including phenoxy) is 2. The number of allylic oxidation sites excluding steroid dienone is 4. The molecule has 0 heterocycles. The van der Waals surface area contributed by atoms with E-state index < -0.39 is 0 Å². The fourth-order valence-electron chi connectivity index (χ4n) is 2.08. The minimum absolute atomic E-state index is 0.201. The lowest BCUT2D eigenvalue weighted by Gasteiger charge is -2.27. The van der Waals surface area contributed by atoms with Crippen LogP contribution in [-0.2, 0) is 19.1 Å². The summed E-state index contributed by atoms with van der Waals surface area (Å²) in [4.78, 5) is 22.6. The molecule has 0 aliphatic heterocycles. The molecule has 0 aromatic carbocycles. The van der Waals surface area contributed by atoms with Crippen molar-refractivity contribution >= 4 is 11.9 Å². The Labute approximate surface area is 120 Å². The summed E-state index contributed by atoms with van der Waals surface area (Å²) in [6.07, 6.45) is 12.0. The molecule has 0 unspecified atom stereocenters. The molecule has 1 aliphatic rings. The predicted molar refractivity (Wildman–Crippen MR) is 76.9 cm³/mol. The van der Waals surface area contributed by atoms with E-state index in [0.717, 1.165) is 12.8 Å². The van der Waals surface area contributed by atoms with Gasteiger partial charge in [0.1, 0.15) is 0 Å². The maximum atomic E-state index is 11.3. The first kappa shape index (κ1) is 16.2. The van der Waals surface area contributed by atoms with Crippen LogP contribution in [-0.4, -0.2) is 25.2 Å². The molecule has 4 heteroatoms. The molecule has 0 radical (unpaired) electrons. The summed E-state index contributed by atoms with van der Waals surface area (Å²) in [5.74, 6) is -0.251. The Morgan fingerprint density at radius 2 is 1.35 bits per heavy atom. The third-order valence-corrected chi connectivity index (χ3v) is 3.20. The van der Waals surface area contributed by atoms with Gasteiger partial charge in [0.2, 0.25) is 0 Å². The molecular formula is C16H22O4. The van der Waals surface area contributed by atoms with Crippen molar-refractivity contribution in [1.82, 2.24) is 0 Å². The van der Waals surface area contributed by atoms with E-state index >= 15 is 0 Å². The zero-order chi connectivity index (χ0) is 14.8. The van der Waals surface area contributed by atoms with E-state index in [9.17, 15) is 9.59 Å². The van der Waals surface area contributed by atoms with Crippen LogP contribution >= 0.6 is 0 Å². The minimum Gasteiger partial charge on any atom is -0.462 e. The molecule has 1 aliphatic carbocycles. The van der Waals surface area contributed by atoms with Gasteiger partial charge in [-0.1, -0.05) is 24.3 Å². The van der Waals surface area contributed by atoms with Gasteiger partial charge in [-0.05, 0) is 26.7 Å². The van der Waals surface area contributed by atoms with Crippen molar-refractivity contribution in [3.8, 4) is 0 Å². The maximum absolute atomic E-state index is 11.3. The molecule has 0 bridgehead atoms. The Kier molecular flexibility index (Phi) is 7.40. The van der Waals surface area contributed by atoms with Crippen LogP contribution in [0.15, 0.2) is 36.5 Å². The van der Waals surface area contributed by atoms with Gasteiger partial charge in [-0.25, -0.2) is 9.59 Å². The van der Waals surface area contributed by atoms with Gasteiger partial charge in [-0.3, -0.25) is 0 Å². The molecule has 0 N–H and O–H groups in total. The number of hydrogen-bond donors (Lipinski definition) is 0. The van der Waals surface area contributed by atoms with Crippen molar-refractivity contribution in [2.45, 2.75) is 26.7 Å². The van der Waals surface area contributed by atoms with E-state index in [1.54, 1.807) is 26.0 Å². The maximum Gasteiger partial charge on any atom is 0.330 e. The summed E-state index contributed by atoms with van der Waals surface area (Å²) in [5.41, 5.74) is 0. The number of hydrogen-bond acceptors (Lipinski definition) is 4. The molecule has 4 nitrogen and oxygen atoms in total. The van der Waals surface area contributed by atoms with Gasteiger partial charge in [0.05, 0.1) is 13.2 Å². The van der Waals surface area contributed by atoms with Crippen LogP contribution < -0.4 is 0 Å². The second-order valence-corrected chi connectivity index (χ2v) is 4.72. The highest BCUT2D eigenvalue weighted by atomic mass is 16.5. The minimum atomic E-state index is -0.327. The monoisotopic (exact) mass is 278 g/mol. The topological polar surface area (TPSA) is 52.6 Å². The van der Waals surface area contributed by atoms with Gasteiger partial charge < -0.3 is 9.47 Å². The van der Waals surface area contributed by atoms with Crippen LogP contribution in [0.3, 0.4) is 0 Å². The highest BCUT2D eigenvalue weighted by Gasteiger charge is 2.24. The molecule has 0 spiro atoms. The van der Waals surface area contributed by atoms with E-state index in [1.165, 1.54) is 12.2 Å². The normalized spacial score (nSPS) is 22.3. The average Bonchev–Trinajstić information content (AvgIpc) is 2.44. The largest absolute Gasteiger partial charge is 0.462 e. The second-order valence-electron chi connectivity index (χ2n) is 4.72. The molecule has 0 aromatic heterocycles. The van der Waals surface area contributed by atoms with Gasteiger partial charge in [0.15, 0.2) is 0 Å². The number of carbonyl (C=O) groups excluding carboxylic acids is 2. The van der Waals surface area contributed by atoms with Gasteiger partial charge >= 0.3 is 11.9 Å². The van der Waals surface area contributed by atoms with E-state index in [0.29, 0.717) is 13.2 Å². The first-order chi connectivity index (χ1) is 9.67. The summed E-state index contributed by atoms with van der Waals surface area (Å²) in [5, 5.41) is 0. The summed E-state index contributed by atoms with van der Waals surface area (Å²) >= 11 is 0. The number of carbonyl (C=O) groups is 2. The predicted octanol–water partition coefficient (Wildman–Crippen LogP) is 2.81. The summed E-state index contributed by atoms with van der Waals surface area (Å²) in [7, 11) is 0. The van der Waals surface area contributed by atoms with Gasteiger partial charge in [-0.15, -0.1) is 0 Å². The second kappa shape index (κ2) is 9.13. The highest BCUT2D eigenvalue weighted by molar-refractivity contribution is 5.82. The average molecular weight is 278 g/mol. The molecule has 110 valence electrons. The summed E-state index contributed by atoms with van der Waals surface area (Å²) in [6.45, 7) is 4.26. The van der Waals surface area contributed by atoms with Crippen LogP contribution in [0.25, 0.3) is 0 Å². The van der Waals surface area contributed by atoms with E-state index in [-0.39, 0.29) is 23.8 Å². The SMILES string of the molecule is C/C=C/C(=O)OC[C@H]1CC=CC[C@H]1COC(=O)/C=C/C. The molecule has 0 saturated heterocycles. The first-order valence-corrected chi connectivity index (χ1v) is 6.91. The zero-order valence-electron chi connectivity index (χ0n) is 12.1. The van der Waals surface area contributed by atoms with Crippen LogP contribution in [0.1, 0.15) is 26.7 Å². The van der Waals surface area contributed by atoms with E-state index in [2.05, 4.69) is 12.2 Å². The van der Waals surface area contributed by atoms with Crippen LogP contribution in [0.2, 0.25) is 0 Å². The fraction of sp³-hybridized carbons (Fsp3) is 0.500. The lowest BCUT2D eigenvalue weighted by Crippen LogP contribution is -2.27. The van der Waals surface area contributed by atoms with Crippen LogP contribution in [0, 0.1) is 11.8 Å². The molecular weight excluding hydrogens is 256 g/mol. The lowest BCUT2D eigenvalue weighted by atomic mass is 9.84. The molecule has 0 aromatic rings.